The van der Waals surface area contributed by atoms with Crippen LogP contribution in [0.5, 0.6) is 0 Å². The SMILES string of the molecule is CCC1SCCSC1c1nc(COC)c(CN)s1. The largest absolute Gasteiger partial charge is 0.378 e. The summed E-state index contributed by atoms with van der Waals surface area (Å²) < 4.78 is 5.20. The Morgan fingerprint density at radius 3 is 2.83 bits per heavy atom. The van der Waals surface area contributed by atoms with Gasteiger partial charge in [-0.3, -0.25) is 0 Å². The molecule has 0 saturated carbocycles. The van der Waals surface area contributed by atoms with E-state index < -0.39 is 0 Å². The molecule has 1 fully saturated rings. The molecule has 2 atom stereocenters. The number of ether oxygens (including phenoxy) is 1. The first-order valence-electron chi connectivity index (χ1n) is 6.20. The number of nitrogens with two attached hydrogens (primary N) is 1. The van der Waals surface area contributed by atoms with Crippen LogP contribution in [0.1, 0.15) is 34.2 Å². The third-order valence-corrected chi connectivity index (χ3v) is 7.56. The van der Waals surface area contributed by atoms with Gasteiger partial charge in [-0.2, -0.15) is 11.8 Å². The zero-order valence-electron chi connectivity index (χ0n) is 10.8. The lowest BCUT2D eigenvalue weighted by Crippen LogP contribution is -2.18. The van der Waals surface area contributed by atoms with Gasteiger partial charge >= 0.3 is 0 Å². The van der Waals surface area contributed by atoms with E-state index in [0.29, 0.717) is 23.7 Å². The van der Waals surface area contributed by atoms with Gasteiger partial charge in [0.15, 0.2) is 0 Å². The first-order valence-corrected chi connectivity index (χ1v) is 9.12. The summed E-state index contributed by atoms with van der Waals surface area (Å²) >= 11 is 5.91. The summed E-state index contributed by atoms with van der Waals surface area (Å²) in [5, 5.41) is 2.47. The Hall–Kier alpha value is 0.250. The standard InChI is InChI=1S/C12H20N2OS3/c1-3-9-11(17-5-4-16-9)12-14-8(7-15-2)10(6-13)18-12/h9,11H,3-7,13H2,1-2H3. The maximum absolute atomic E-state index is 5.79. The number of thioether (sulfide) groups is 2. The predicted octanol–water partition coefficient (Wildman–Crippen LogP) is 3.05. The summed E-state index contributed by atoms with van der Waals surface area (Å²) in [5.74, 6) is 2.49. The van der Waals surface area contributed by atoms with Crippen LogP contribution in [0.15, 0.2) is 0 Å². The van der Waals surface area contributed by atoms with Gasteiger partial charge in [-0.1, -0.05) is 6.92 Å². The fourth-order valence-electron chi connectivity index (χ4n) is 2.07. The molecule has 1 aliphatic heterocycles. The molecule has 2 rings (SSSR count). The molecule has 0 aromatic carbocycles. The molecule has 0 amide bonds. The van der Waals surface area contributed by atoms with Crippen LogP contribution >= 0.6 is 34.9 Å². The highest BCUT2D eigenvalue weighted by molar-refractivity contribution is 8.06. The quantitative estimate of drug-likeness (QED) is 0.906. The topological polar surface area (TPSA) is 48.1 Å². The maximum Gasteiger partial charge on any atom is 0.107 e. The zero-order chi connectivity index (χ0) is 13.0. The molecule has 3 nitrogen and oxygen atoms in total. The van der Waals surface area contributed by atoms with Crippen LogP contribution in [-0.2, 0) is 17.9 Å². The number of rotatable bonds is 5. The van der Waals surface area contributed by atoms with E-state index in [-0.39, 0.29) is 0 Å². The lowest BCUT2D eigenvalue weighted by molar-refractivity contribution is 0.181. The minimum absolute atomic E-state index is 0.537. The van der Waals surface area contributed by atoms with E-state index in [1.54, 1.807) is 18.4 Å². The van der Waals surface area contributed by atoms with Crippen molar-refractivity contribution in [3.05, 3.63) is 15.6 Å². The van der Waals surface area contributed by atoms with Gasteiger partial charge in [-0.05, 0) is 6.42 Å². The van der Waals surface area contributed by atoms with E-state index in [9.17, 15) is 0 Å². The van der Waals surface area contributed by atoms with Crippen molar-refractivity contribution in [1.29, 1.82) is 0 Å². The minimum atomic E-state index is 0.537. The summed E-state index contributed by atoms with van der Waals surface area (Å²) in [6, 6.07) is 0. The molecular formula is C12H20N2OS3. The molecule has 1 aromatic heterocycles. The predicted molar refractivity (Wildman–Crippen MR) is 82.5 cm³/mol. The van der Waals surface area contributed by atoms with Gasteiger partial charge in [0.2, 0.25) is 0 Å². The van der Waals surface area contributed by atoms with Crippen LogP contribution in [0.4, 0.5) is 0 Å². The van der Waals surface area contributed by atoms with Crippen molar-refractivity contribution in [1.82, 2.24) is 4.98 Å². The van der Waals surface area contributed by atoms with Crippen LogP contribution in [0.2, 0.25) is 0 Å². The summed E-state index contributed by atoms with van der Waals surface area (Å²) in [6.45, 7) is 3.41. The van der Waals surface area contributed by atoms with Gasteiger partial charge < -0.3 is 10.5 Å². The molecule has 1 saturated heterocycles. The highest BCUT2D eigenvalue weighted by atomic mass is 32.2. The van der Waals surface area contributed by atoms with Gasteiger partial charge in [0.05, 0.1) is 17.6 Å². The number of nitrogens with zero attached hydrogens (tertiary/aromatic N) is 1. The van der Waals surface area contributed by atoms with Gasteiger partial charge in [-0.15, -0.1) is 23.1 Å². The second kappa shape index (κ2) is 7.14. The second-order valence-electron chi connectivity index (χ2n) is 4.17. The normalized spacial score (nSPS) is 24.4. The van der Waals surface area contributed by atoms with Crippen molar-refractivity contribution in [2.45, 2.75) is 37.0 Å². The van der Waals surface area contributed by atoms with Crippen LogP contribution < -0.4 is 5.73 Å². The van der Waals surface area contributed by atoms with Gasteiger partial charge in [0.1, 0.15) is 5.01 Å². The summed E-state index contributed by atoms with van der Waals surface area (Å²) in [5.41, 5.74) is 6.83. The van der Waals surface area contributed by atoms with Gasteiger partial charge in [-0.25, -0.2) is 4.98 Å². The van der Waals surface area contributed by atoms with Crippen molar-refractivity contribution in [2.75, 3.05) is 18.6 Å². The number of thiazole rings is 1. The molecule has 18 heavy (non-hydrogen) atoms. The minimum Gasteiger partial charge on any atom is -0.378 e. The summed E-state index contributed by atoms with van der Waals surface area (Å²) in [6.07, 6.45) is 1.21. The van der Waals surface area contributed by atoms with Crippen molar-refractivity contribution in [2.24, 2.45) is 5.73 Å². The molecular weight excluding hydrogens is 284 g/mol. The highest BCUT2D eigenvalue weighted by Crippen LogP contribution is 2.45. The average molecular weight is 305 g/mol. The van der Waals surface area contributed by atoms with Crippen LogP contribution in [0, 0.1) is 0 Å². The summed E-state index contributed by atoms with van der Waals surface area (Å²) in [4.78, 5) is 5.95. The number of methoxy groups -OCH3 is 1. The maximum atomic E-state index is 5.79. The Bertz CT molecular complexity index is 383. The molecule has 2 heterocycles. The first-order chi connectivity index (χ1) is 8.80. The molecule has 2 unspecified atom stereocenters. The molecule has 1 aliphatic rings. The van der Waals surface area contributed by atoms with Crippen molar-refractivity contribution in [3.8, 4) is 0 Å². The van der Waals surface area contributed by atoms with Crippen molar-refractivity contribution < 1.29 is 4.74 Å². The van der Waals surface area contributed by atoms with Crippen LogP contribution in [0.25, 0.3) is 0 Å². The van der Waals surface area contributed by atoms with E-state index in [0.717, 1.165) is 5.69 Å². The van der Waals surface area contributed by atoms with Gasteiger partial charge in [0, 0.05) is 35.3 Å². The number of hydrogen-bond donors (Lipinski definition) is 1. The molecule has 102 valence electrons. The van der Waals surface area contributed by atoms with Crippen LogP contribution in [0.3, 0.4) is 0 Å². The smallest absolute Gasteiger partial charge is 0.107 e. The highest BCUT2D eigenvalue weighted by Gasteiger charge is 2.29. The number of hydrogen-bond acceptors (Lipinski definition) is 6. The Morgan fingerprint density at radius 2 is 2.17 bits per heavy atom. The van der Waals surface area contributed by atoms with E-state index in [4.69, 9.17) is 15.5 Å². The van der Waals surface area contributed by atoms with Crippen molar-refractivity contribution in [3.63, 3.8) is 0 Å². The molecule has 6 heteroatoms. The molecule has 1 aromatic rings. The lowest BCUT2D eigenvalue weighted by atomic mass is 10.2. The van der Waals surface area contributed by atoms with Crippen molar-refractivity contribution >= 4 is 34.9 Å². The third kappa shape index (κ3) is 3.22. The number of aromatic nitrogens is 1. The van der Waals surface area contributed by atoms with E-state index in [1.807, 2.05) is 11.8 Å². The fourth-order valence-corrected chi connectivity index (χ4v) is 6.43. The van der Waals surface area contributed by atoms with Gasteiger partial charge in [0.25, 0.3) is 0 Å². The third-order valence-electron chi connectivity index (χ3n) is 2.96. The Kier molecular flexibility index (Phi) is 5.82. The Morgan fingerprint density at radius 1 is 1.39 bits per heavy atom. The van der Waals surface area contributed by atoms with E-state index in [2.05, 4.69) is 18.7 Å². The van der Waals surface area contributed by atoms with E-state index >= 15 is 0 Å². The van der Waals surface area contributed by atoms with Crippen LogP contribution in [-0.4, -0.2) is 28.8 Å². The average Bonchev–Trinajstić information content (AvgIpc) is 2.82. The summed E-state index contributed by atoms with van der Waals surface area (Å²) in [7, 11) is 1.71. The zero-order valence-corrected chi connectivity index (χ0v) is 13.3. The fraction of sp³-hybridized carbons (Fsp3) is 0.750. The van der Waals surface area contributed by atoms with E-state index in [1.165, 1.54) is 27.8 Å². The first kappa shape index (κ1) is 14.7. The molecule has 0 spiro atoms. The Balaban J connectivity index is 2.20. The molecule has 0 bridgehead atoms. The second-order valence-corrected chi connectivity index (χ2v) is 7.88. The lowest BCUT2D eigenvalue weighted by Gasteiger charge is -2.28. The molecule has 0 aliphatic carbocycles. The molecule has 2 N–H and O–H groups in total. The monoisotopic (exact) mass is 304 g/mol. The Labute approximate surface area is 121 Å². The molecule has 0 radical (unpaired) electrons.